The molecule has 0 aliphatic rings. The highest BCUT2D eigenvalue weighted by Gasteiger charge is 2.06. The van der Waals surface area contributed by atoms with Crippen LogP contribution < -0.4 is 0 Å². The molecule has 0 amide bonds. The van der Waals surface area contributed by atoms with Gasteiger partial charge in [-0.3, -0.25) is 0 Å². The standard InChI is InChI=1S/C13H12O2S2/c14-13(12-6-7-16-9-12)15-10-17-8-11-4-2-1-3-5-11/h1-7,9H,8,10H2. The number of thioether (sulfide) groups is 1. The Hall–Kier alpha value is -1.26. The molecule has 0 aliphatic carbocycles. The summed E-state index contributed by atoms with van der Waals surface area (Å²) >= 11 is 3.09. The van der Waals surface area contributed by atoms with Crippen molar-refractivity contribution in [2.24, 2.45) is 0 Å². The minimum absolute atomic E-state index is 0.244. The molecule has 2 nitrogen and oxygen atoms in total. The highest BCUT2D eigenvalue weighted by Crippen LogP contribution is 2.13. The van der Waals surface area contributed by atoms with Crippen molar-refractivity contribution in [1.29, 1.82) is 0 Å². The fraction of sp³-hybridized carbons (Fsp3) is 0.154. The zero-order valence-electron chi connectivity index (χ0n) is 9.17. The average molecular weight is 264 g/mol. The number of hydrogen-bond donors (Lipinski definition) is 0. The molecule has 0 unspecified atom stereocenters. The molecule has 0 N–H and O–H groups in total. The summed E-state index contributed by atoms with van der Waals surface area (Å²) in [6.45, 7) is 0. The lowest BCUT2D eigenvalue weighted by molar-refractivity contribution is 0.0580. The maximum Gasteiger partial charge on any atom is 0.339 e. The second-order valence-electron chi connectivity index (χ2n) is 3.40. The first-order valence-corrected chi connectivity index (χ1v) is 7.27. The smallest absolute Gasteiger partial charge is 0.339 e. The number of carbonyl (C=O) groups excluding carboxylic acids is 1. The molecule has 2 aromatic rings. The van der Waals surface area contributed by atoms with Gasteiger partial charge in [0.15, 0.2) is 0 Å². The van der Waals surface area contributed by atoms with E-state index in [0.29, 0.717) is 11.5 Å². The van der Waals surface area contributed by atoms with E-state index in [1.165, 1.54) is 16.9 Å². The van der Waals surface area contributed by atoms with E-state index in [1.54, 1.807) is 23.2 Å². The molecule has 0 spiro atoms. The second kappa shape index (κ2) is 6.47. The molecular weight excluding hydrogens is 252 g/mol. The van der Waals surface area contributed by atoms with Gasteiger partial charge in [-0.05, 0) is 17.0 Å². The molecule has 1 aromatic heterocycles. The van der Waals surface area contributed by atoms with Gasteiger partial charge in [0.1, 0.15) is 5.94 Å². The fourth-order valence-corrected chi connectivity index (χ4v) is 2.62. The van der Waals surface area contributed by atoms with E-state index in [0.717, 1.165) is 5.75 Å². The van der Waals surface area contributed by atoms with E-state index in [2.05, 4.69) is 12.1 Å². The summed E-state index contributed by atoms with van der Waals surface area (Å²) in [6, 6.07) is 11.9. The molecular formula is C13H12O2S2. The summed E-state index contributed by atoms with van der Waals surface area (Å²) in [7, 11) is 0. The van der Waals surface area contributed by atoms with Crippen molar-refractivity contribution in [2.45, 2.75) is 5.75 Å². The molecule has 0 fully saturated rings. The number of esters is 1. The van der Waals surface area contributed by atoms with Crippen molar-refractivity contribution in [2.75, 3.05) is 5.94 Å². The Labute approximate surface area is 109 Å². The number of ether oxygens (including phenoxy) is 1. The minimum atomic E-state index is -0.244. The number of hydrogen-bond acceptors (Lipinski definition) is 4. The van der Waals surface area contributed by atoms with E-state index in [4.69, 9.17) is 4.74 Å². The maximum atomic E-state index is 11.5. The predicted octanol–water partition coefficient (Wildman–Crippen LogP) is 3.80. The van der Waals surface area contributed by atoms with Crippen LogP contribution in [-0.4, -0.2) is 11.9 Å². The van der Waals surface area contributed by atoms with Gasteiger partial charge in [-0.15, -0.1) is 11.8 Å². The Morgan fingerprint density at radius 2 is 2.06 bits per heavy atom. The summed E-state index contributed by atoms with van der Waals surface area (Å²) < 4.78 is 5.14. The van der Waals surface area contributed by atoms with Crippen molar-refractivity contribution in [3.05, 3.63) is 58.3 Å². The number of benzene rings is 1. The van der Waals surface area contributed by atoms with Crippen LogP contribution >= 0.6 is 23.1 Å². The van der Waals surface area contributed by atoms with Gasteiger partial charge in [-0.2, -0.15) is 11.3 Å². The van der Waals surface area contributed by atoms with Crippen LogP contribution in [-0.2, 0) is 10.5 Å². The van der Waals surface area contributed by atoms with Gasteiger partial charge in [0.2, 0.25) is 0 Å². The molecule has 4 heteroatoms. The molecule has 1 aromatic carbocycles. The first kappa shape index (κ1) is 12.2. The van der Waals surface area contributed by atoms with Crippen LogP contribution in [0, 0.1) is 0 Å². The predicted molar refractivity (Wildman–Crippen MR) is 72.3 cm³/mol. The van der Waals surface area contributed by atoms with Gasteiger partial charge in [0.05, 0.1) is 5.56 Å². The molecule has 0 aliphatic heterocycles. The molecule has 0 atom stereocenters. The first-order chi connectivity index (χ1) is 8.36. The van der Waals surface area contributed by atoms with Crippen molar-refractivity contribution in [1.82, 2.24) is 0 Å². The Balaban J connectivity index is 1.69. The summed E-state index contributed by atoms with van der Waals surface area (Å²) in [4.78, 5) is 11.5. The van der Waals surface area contributed by atoms with Crippen LogP contribution in [0.4, 0.5) is 0 Å². The summed E-state index contributed by atoms with van der Waals surface area (Å²) in [5.41, 5.74) is 1.87. The van der Waals surface area contributed by atoms with Gasteiger partial charge < -0.3 is 4.74 Å². The van der Waals surface area contributed by atoms with Gasteiger partial charge in [-0.1, -0.05) is 30.3 Å². The van der Waals surface area contributed by atoms with Gasteiger partial charge >= 0.3 is 5.97 Å². The topological polar surface area (TPSA) is 26.3 Å². The Bertz CT molecular complexity index is 452. The summed E-state index contributed by atoms with van der Waals surface area (Å²) in [5.74, 6) is 1.01. The molecule has 0 bridgehead atoms. The number of thiophene rings is 1. The SMILES string of the molecule is O=C(OCSCc1ccccc1)c1ccsc1. The molecule has 0 saturated heterocycles. The Morgan fingerprint density at radius 1 is 1.24 bits per heavy atom. The van der Waals surface area contributed by atoms with Crippen molar-refractivity contribution < 1.29 is 9.53 Å². The zero-order chi connectivity index (χ0) is 11.9. The zero-order valence-corrected chi connectivity index (χ0v) is 10.8. The highest BCUT2D eigenvalue weighted by atomic mass is 32.2. The Morgan fingerprint density at radius 3 is 2.76 bits per heavy atom. The molecule has 1 heterocycles. The van der Waals surface area contributed by atoms with Crippen LogP contribution in [0.5, 0.6) is 0 Å². The van der Waals surface area contributed by atoms with E-state index >= 15 is 0 Å². The van der Waals surface area contributed by atoms with Crippen molar-refractivity contribution >= 4 is 29.1 Å². The highest BCUT2D eigenvalue weighted by molar-refractivity contribution is 7.98. The van der Waals surface area contributed by atoms with Crippen LogP contribution in [0.2, 0.25) is 0 Å². The lowest BCUT2D eigenvalue weighted by Crippen LogP contribution is -2.03. The average Bonchev–Trinajstić information content (AvgIpc) is 2.89. The van der Waals surface area contributed by atoms with Crippen LogP contribution in [0.1, 0.15) is 15.9 Å². The third-order valence-electron chi connectivity index (χ3n) is 2.14. The van der Waals surface area contributed by atoms with E-state index in [-0.39, 0.29) is 5.97 Å². The lowest BCUT2D eigenvalue weighted by Gasteiger charge is -2.03. The van der Waals surface area contributed by atoms with Crippen LogP contribution in [0.15, 0.2) is 47.2 Å². The molecule has 0 radical (unpaired) electrons. The molecule has 0 saturated carbocycles. The quantitative estimate of drug-likeness (QED) is 0.467. The van der Waals surface area contributed by atoms with Crippen LogP contribution in [0.25, 0.3) is 0 Å². The van der Waals surface area contributed by atoms with E-state index < -0.39 is 0 Å². The third kappa shape index (κ3) is 3.91. The van der Waals surface area contributed by atoms with E-state index in [9.17, 15) is 4.79 Å². The summed E-state index contributed by atoms with van der Waals surface area (Å²) in [6.07, 6.45) is 0. The number of carbonyl (C=O) groups is 1. The fourth-order valence-electron chi connectivity index (χ4n) is 1.29. The molecule has 2 rings (SSSR count). The largest absolute Gasteiger partial charge is 0.451 e. The van der Waals surface area contributed by atoms with Crippen molar-refractivity contribution in [3.8, 4) is 0 Å². The number of rotatable bonds is 5. The summed E-state index contributed by atoms with van der Waals surface area (Å²) in [5, 5.41) is 3.66. The molecule has 17 heavy (non-hydrogen) atoms. The second-order valence-corrected chi connectivity index (χ2v) is 5.11. The van der Waals surface area contributed by atoms with Gasteiger partial charge in [0, 0.05) is 11.1 Å². The Kier molecular flexibility index (Phi) is 4.64. The third-order valence-corrected chi connectivity index (χ3v) is 3.65. The maximum absolute atomic E-state index is 11.5. The van der Waals surface area contributed by atoms with Gasteiger partial charge in [0.25, 0.3) is 0 Å². The minimum Gasteiger partial charge on any atom is -0.451 e. The monoisotopic (exact) mass is 264 g/mol. The first-order valence-electron chi connectivity index (χ1n) is 5.17. The van der Waals surface area contributed by atoms with Crippen LogP contribution in [0.3, 0.4) is 0 Å². The lowest BCUT2D eigenvalue weighted by atomic mass is 10.2. The van der Waals surface area contributed by atoms with E-state index in [1.807, 2.05) is 23.6 Å². The van der Waals surface area contributed by atoms with Gasteiger partial charge in [-0.25, -0.2) is 4.79 Å². The van der Waals surface area contributed by atoms with Crippen molar-refractivity contribution in [3.63, 3.8) is 0 Å². The normalized spacial score (nSPS) is 10.1. The molecule has 88 valence electrons.